The van der Waals surface area contributed by atoms with Crippen LogP contribution in [0.1, 0.15) is 30.5 Å². The Balaban J connectivity index is 2.43. The van der Waals surface area contributed by atoms with Gasteiger partial charge < -0.3 is 10.5 Å². The monoisotopic (exact) mass is 211 g/mol. The van der Waals surface area contributed by atoms with Gasteiger partial charge in [0.25, 0.3) is 0 Å². The quantitative estimate of drug-likeness (QED) is 0.775. The first-order chi connectivity index (χ1) is 6.74. The van der Waals surface area contributed by atoms with Crippen molar-refractivity contribution in [2.75, 3.05) is 0 Å². The van der Waals surface area contributed by atoms with Gasteiger partial charge >= 0.3 is 0 Å². The number of nitrogens with two attached hydrogens (primary N) is 1. The highest BCUT2D eigenvalue weighted by molar-refractivity contribution is 6.31. The fourth-order valence-corrected chi connectivity index (χ4v) is 2.26. The van der Waals surface area contributed by atoms with Crippen LogP contribution in [0, 0.1) is 0 Å². The van der Waals surface area contributed by atoms with Gasteiger partial charge in [-0.25, -0.2) is 0 Å². The maximum atomic E-state index is 6.12. The van der Waals surface area contributed by atoms with Crippen LogP contribution in [0.5, 0.6) is 0 Å². The maximum Gasteiger partial charge on any atom is 0.0770 e. The van der Waals surface area contributed by atoms with Crippen molar-refractivity contribution in [3.63, 3.8) is 0 Å². The van der Waals surface area contributed by atoms with E-state index in [1.54, 1.807) is 0 Å². The summed E-state index contributed by atoms with van der Waals surface area (Å²) in [6.07, 6.45) is 1.02. The zero-order valence-electron chi connectivity index (χ0n) is 8.16. The number of ether oxygens (including phenoxy) is 1. The lowest BCUT2D eigenvalue weighted by Crippen LogP contribution is -2.33. The van der Waals surface area contributed by atoms with Gasteiger partial charge in [-0.05, 0) is 23.6 Å². The van der Waals surface area contributed by atoms with Crippen molar-refractivity contribution in [2.24, 2.45) is 5.73 Å². The van der Waals surface area contributed by atoms with Crippen molar-refractivity contribution >= 4 is 11.6 Å². The van der Waals surface area contributed by atoms with Gasteiger partial charge in [-0.3, -0.25) is 0 Å². The normalized spacial score (nSPS) is 25.9. The molecule has 1 aromatic rings. The van der Waals surface area contributed by atoms with Gasteiger partial charge in [0.05, 0.1) is 18.8 Å². The number of halogens is 1. The third-order valence-corrected chi connectivity index (χ3v) is 3.06. The summed E-state index contributed by atoms with van der Waals surface area (Å²) in [6, 6.07) is 5.76. The summed E-state index contributed by atoms with van der Waals surface area (Å²) in [6.45, 7) is 2.70. The minimum Gasteiger partial charge on any atom is -0.372 e. The van der Waals surface area contributed by atoms with Gasteiger partial charge in [-0.2, -0.15) is 0 Å². The molecule has 2 nitrogen and oxygen atoms in total. The number of rotatable bonds is 1. The van der Waals surface area contributed by atoms with E-state index in [1.807, 2.05) is 18.2 Å². The van der Waals surface area contributed by atoms with Gasteiger partial charge in [0.15, 0.2) is 0 Å². The van der Waals surface area contributed by atoms with Gasteiger partial charge in [0.1, 0.15) is 0 Å². The summed E-state index contributed by atoms with van der Waals surface area (Å²) in [5.41, 5.74) is 8.27. The fraction of sp³-hybridized carbons (Fsp3) is 0.455. The molecule has 2 rings (SSSR count). The first-order valence-corrected chi connectivity index (χ1v) is 5.26. The Morgan fingerprint density at radius 2 is 2.36 bits per heavy atom. The first kappa shape index (κ1) is 9.97. The topological polar surface area (TPSA) is 35.2 Å². The molecule has 76 valence electrons. The lowest BCUT2D eigenvalue weighted by molar-refractivity contribution is 0.00684. The van der Waals surface area contributed by atoms with Crippen LogP contribution in [0.25, 0.3) is 0 Å². The summed E-state index contributed by atoms with van der Waals surface area (Å²) in [5.74, 6) is 0. The molecule has 1 aliphatic heterocycles. The Bertz CT molecular complexity index is 340. The second kappa shape index (κ2) is 3.89. The third-order valence-electron chi connectivity index (χ3n) is 2.73. The van der Waals surface area contributed by atoms with Crippen LogP contribution in [0.4, 0.5) is 0 Å². The van der Waals surface area contributed by atoms with Crippen molar-refractivity contribution < 1.29 is 4.74 Å². The lowest BCUT2D eigenvalue weighted by atomic mass is 9.93. The van der Waals surface area contributed by atoms with Gasteiger partial charge in [0, 0.05) is 5.02 Å². The number of hydrogen-bond acceptors (Lipinski definition) is 2. The minimum absolute atomic E-state index is 0.0857. The molecule has 2 N–H and O–H groups in total. The number of fused-ring (bicyclic) bond motifs is 1. The third kappa shape index (κ3) is 1.54. The van der Waals surface area contributed by atoms with E-state index in [0.29, 0.717) is 6.61 Å². The Morgan fingerprint density at radius 1 is 1.57 bits per heavy atom. The van der Waals surface area contributed by atoms with Crippen LogP contribution < -0.4 is 5.73 Å². The molecule has 0 saturated carbocycles. The number of hydrogen-bond donors (Lipinski definition) is 1. The summed E-state index contributed by atoms with van der Waals surface area (Å²) in [4.78, 5) is 0. The summed E-state index contributed by atoms with van der Waals surface area (Å²) >= 11 is 6.12. The smallest absolute Gasteiger partial charge is 0.0770 e. The molecule has 0 radical (unpaired) electrons. The predicted molar refractivity (Wildman–Crippen MR) is 57.2 cm³/mol. The van der Waals surface area contributed by atoms with Crippen LogP contribution in [-0.4, -0.2) is 6.10 Å². The zero-order valence-corrected chi connectivity index (χ0v) is 8.92. The Labute approximate surface area is 89.0 Å². The van der Waals surface area contributed by atoms with Gasteiger partial charge in [-0.15, -0.1) is 0 Å². The molecular weight excluding hydrogens is 198 g/mol. The Hall–Kier alpha value is -0.570. The molecule has 0 unspecified atom stereocenters. The molecule has 1 aliphatic rings. The molecule has 1 heterocycles. The molecule has 0 saturated heterocycles. The second-order valence-corrected chi connectivity index (χ2v) is 4.00. The number of benzene rings is 1. The van der Waals surface area contributed by atoms with Gasteiger partial charge in [-0.1, -0.05) is 30.7 Å². The van der Waals surface area contributed by atoms with E-state index in [2.05, 4.69) is 6.92 Å². The minimum atomic E-state index is -0.0857. The van der Waals surface area contributed by atoms with Crippen LogP contribution in [0.2, 0.25) is 5.02 Å². The lowest BCUT2D eigenvalue weighted by Gasteiger charge is -2.31. The highest BCUT2D eigenvalue weighted by Gasteiger charge is 2.27. The zero-order chi connectivity index (χ0) is 10.1. The molecule has 0 fully saturated rings. The van der Waals surface area contributed by atoms with E-state index in [0.717, 1.165) is 22.6 Å². The van der Waals surface area contributed by atoms with E-state index >= 15 is 0 Å². The average Bonchev–Trinajstić information content (AvgIpc) is 2.18. The highest BCUT2D eigenvalue weighted by atomic mass is 35.5. The molecule has 0 aliphatic carbocycles. The average molecular weight is 212 g/mol. The summed E-state index contributed by atoms with van der Waals surface area (Å²) in [7, 11) is 0. The van der Waals surface area contributed by atoms with Crippen LogP contribution in [-0.2, 0) is 11.3 Å². The molecule has 0 spiro atoms. The maximum absolute atomic E-state index is 6.12. The van der Waals surface area contributed by atoms with Crippen molar-refractivity contribution in [1.82, 2.24) is 0 Å². The summed E-state index contributed by atoms with van der Waals surface area (Å²) in [5, 5.41) is 0.761. The standard InChI is InChI=1S/C11H14ClNO/c1-2-9-11(13)10-7(6-14-9)4-3-5-8(10)12/h3-5,9,11H,2,6,13H2,1H3/t9-,11+/m0/s1. The molecule has 1 aromatic carbocycles. The molecule has 0 aromatic heterocycles. The highest BCUT2D eigenvalue weighted by Crippen LogP contribution is 2.34. The second-order valence-electron chi connectivity index (χ2n) is 3.60. The van der Waals surface area contributed by atoms with E-state index in [4.69, 9.17) is 22.1 Å². The predicted octanol–water partition coefficient (Wildman–Crippen LogP) is 2.65. The van der Waals surface area contributed by atoms with Crippen molar-refractivity contribution in [1.29, 1.82) is 0 Å². The van der Waals surface area contributed by atoms with Crippen LogP contribution >= 0.6 is 11.6 Å². The van der Waals surface area contributed by atoms with Crippen LogP contribution in [0.3, 0.4) is 0 Å². The molecule has 2 atom stereocenters. The van der Waals surface area contributed by atoms with Gasteiger partial charge in [0.2, 0.25) is 0 Å². The van der Waals surface area contributed by atoms with Crippen molar-refractivity contribution in [2.45, 2.75) is 32.1 Å². The molecule has 0 amide bonds. The molecule has 3 heteroatoms. The SMILES string of the molecule is CC[C@@H]1OCc2cccc(Cl)c2[C@@H]1N. The molecular formula is C11H14ClNO. The first-order valence-electron chi connectivity index (χ1n) is 4.88. The summed E-state index contributed by atoms with van der Waals surface area (Å²) < 4.78 is 5.64. The van der Waals surface area contributed by atoms with Crippen LogP contribution in [0.15, 0.2) is 18.2 Å². The fourth-order valence-electron chi connectivity index (χ4n) is 1.94. The Kier molecular flexibility index (Phi) is 2.77. The molecule has 0 bridgehead atoms. The van der Waals surface area contributed by atoms with Crippen molar-refractivity contribution in [3.8, 4) is 0 Å². The Morgan fingerprint density at radius 3 is 3.07 bits per heavy atom. The van der Waals surface area contributed by atoms with E-state index in [-0.39, 0.29) is 12.1 Å². The largest absolute Gasteiger partial charge is 0.372 e. The van der Waals surface area contributed by atoms with E-state index < -0.39 is 0 Å². The van der Waals surface area contributed by atoms with E-state index in [9.17, 15) is 0 Å². The molecule has 14 heavy (non-hydrogen) atoms. The van der Waals surface area contributed by atoms with E-state index in [1.165, 1.54) is 0 Å². The van der Waals surface area contributed by atoms with Crippen molar-refractivity contribution in [3.05, 3.63) is 34.3 Å².